The van der Waals surface area contributed by atoms with Gasteiger partial charge in [-0.1, -0.05) is 19.1 Å². The first-order chi connectivity index (χ1) is 5.66. The molecule has 1 atom stereocenters. The third-order valence-corrected chi connectivity index (χ3v) is 2.15. The molecule has 1 aromatic rings. The first kappa shape index (κ1) is 9.20. The Morgan fingerprint density at radius 2 is 2.17 bits per heavy atom. The highest BCUT2D eigenvalue weighted by Crippen LogP contribution is 2.19. The van der Waals surface area contributed by atoms with Crippen molar-refractivity contribution in [2.45, 2.75) is 26.3 Å². The normalized spacial score (nSPS) is 13.0. The Balaban J connectivity index is 3.07. The molecule has 66 valence electrons. The number of rotatable bonds is 2. The molecule has 2 heteroatoms. The van der Waals surface area contributed by atoms with E-state index in [-0.39, 0.29) is 11.9 Å². The van der Waals surface area contributed by atoms with E-state index in [0.29, 0.717) is 5.56 Å². The lowest BCUT2D eigenvalue weighted by Crippen LogP contribution is -2.10. The van der Waals surface area contributed by atoms with Gasteiger partial charge in [-0.25, -0.2) is 4.39 Å². The maximum atomic E-state index is 13.0. The molecule has 0 saturated carbocycles. The first-order valence-electron chi connectivity index (χ1n) is 4.17. The molecule has 0 aromatic heterocycles. The van der Waals surface area contributed by atoms with Crippen molar-refractivity contribution in [1.82, 2.24) is 0 Å². The van der Waals surface area contributed by atoms with E-state index in [4.69, 9.17) is 5.73 Å². The lowest BCUT2D eigenvalue weighted by atomic mass is 10.00. The molecule has 1 rings (SSSR count). The van der Waals surface area contributed by atoms with Crippen molar-refractivity contribution < 1.29 is 4.39 Å². The Hall–Kier alpha value is -0.890. The molecule has 0 aliphatic carbocycles. The van der Waals surface area contributed by atoms with Crippen molar-refractivity contribution in [1.29, 1.82) is 0 Å². The summed E-state index contributed by atoms with van der Waals surface area (Å²) in [7, 11) is 0. The van der Waals surface area contributed by atoms with Crippen LogP contribution >= 0.6 is 0 Å². The maximum absolute atomic E-state index is 13.0. The standard InChI is InChI=1S/C10H14FN/c1-3-10(12)8-5-4-6-9(11)7(8)2/h4-6,10H,3,12H2,1-2H3/t10-/m0/s1. The van der Waals surface area contributed by atoms with Crippen molar-refractivity contribution in [3.63, 3.8) is 0 Å². The zero-order valence-electron chi connectivity index (χ0n) is 7.47. The van der Waals surface area contributed by atoms with Crippen LogP contribution in [0.4, 0.5) is 4.39 Å². The molecular formula is C10H14FN. The molecule has 0 aliphatic heterocycles. The fourth-order valence-electron chi connectivity index (χ4n) is 1.25. The van der Waals surface area contributed by atoms with Gasteiger partial charge in [-0.05, 0) is 30.5 Å². The lowest BCUT2D eigenvalue weighted by molar-refractivity contribution is 0.605. The summed E-state index contributed by atoms with van der Waals surface area (Å²) in [5, 5.41) is 0. The van der Waals surface area contributed by atoms with Crippen LogP contribution in [0.5, 0.6) is 0 Å². The molecule has 0 aliphatic rings. The molecular weight excluding hydrogens is 153 g/mol. The molecule has 2 N–H and O–H groups in total. The van der Waals surface area contributed by atoms with Gasteiger partial charge in [0.25, 0.3) is 0 Å². The third-order valence-electron chi connectivity index (χ3n) is 2.15. The van der Waals surface area contributed by atoms with E-state index < -0.39 is 0 Å². The fraction of sp³-hybridized carbons (Fsp3) is 0.400. The molecule has 0 saturated heterocycles. The third kappa shape index (κ3) is 1.64. The molecule has 0 unspecified atom stereocenters. The average molecular weight is 167 g/mol. The van der Waals surface area contributed by atoms with E-state index in [9.17, 15) is 4.39 Å². The molecule has 0 bridgehead atoms. The highest BCUT2D eigenvalue weighted by Gasteiger charge is 2.08. The molecule has 0 spiro atoms. The number of benzene rings is 1. The summed E-state index contributed by atoms with van der Waals surface area (Å²) in [6, 6.07) is 5.00. The Morgan fingerprint density at radius 1 is 1.50 bits per heavy atom. The van der Waals surface area contributed by atoms with Crippen molar-refractivity contribution in [2.75, 3.05) is 0 Å². The van der Waals surface area contributed by atoms with Crippen LogP contribution in [0, 0.1) is 12.7 Å². The average Bonchev–Trinajstić information content (AvgIpc) is 2.08. The van der Waals surface area contributed by atoms with E-state index >= 15 is 0 Å². The predicted molar refractivity (Wildman–Crippen MR) is 48.4 cm³/mol. The van der Waals surface area contributed by atoms with Crippen LogP contribution in [0.25, 0.3) is 0 Å². The lowest BCUT2D eigenvalue weighted by Gasteiger charge is -2.12. The largest absolute Gasteiger partial charge is 0.324 e. The first-order valence-corrected chi connectivity index (χ1v) is 4.17. The van der Waals surface area contributed by atoms with Gasteiger partial charge in [0.05, 0.1) is 0 Å². The van der Waals surface area contributed by atoms with Crippen molar-refractivity contribution in [2.24, 2.45) is 5.73 Å². The molecule has 0 amide bonds. The zero-order chi connectivity index (χ0) is 9.14. The van der Waals surface area contributed by atoms with Gasteiger partial charge in [0.2, 0.25) is 0 Å². The highest BCUT2D eigenvalue weighted by molar-refractivity contribution is 5.29. The van der Waals surface area contributed by atoms with Gasteiger partial charge >= 0.3 is 0 Å². The van der Waals surface area contributed by atoms with Gasteiger partial charge in [-0.2, -0.15) is 0 Å². The number of hydrogen-bond donors (Lipinski definition) is 1. The van der Waals surface area contributed by atoms with Gasteiger partial charge in [0.1, 0.15) is 5.82 Å². The highest BCUT2D eigenvalue weighted by atomic mass is 19.1. The molecule has 0 fully saturated rings. The van der Waals surface area contributed by atoms with Crippen LogP contribution < -0.4 is 5.73 Å². The second kappa shape index (κ2) is 3.68. The van der Waals surface area contributed by atoms with Crippen LogP contribution in [0.2, 0.25) is 0 Å². The van der Waals surface area contributed by atoms with E-state index in [0.717, 1.165) is 12.0 Å². The molecule has 0 radical (unpaired) electrons. The van der Waals surface area contributed by atoms with Gasteiger partial charge in [-0.3, -0.25) is 0 Å². The van der Waals surface area contributed by atoms with Crippen LogP contribution in [0.1, 0.15) is 30.5 Å². The summed E-state index contributed by atoms with van der Waals surface area (Å²) >= 11 is 0. The van der Waals surface area contributed by atoms with Gasteiger partial charge in [-0.15, -0.1) is 0 Å². The Bertz CT molecular complexity index is 271. The van der Waals surface area contributed by atoms with Crippen molar-refractivity contribution in [3.05, 3.63) is 35.1 Å². The van der Waals surface area contributed by atoms with E-state index in [1.54, 1.807) is 13.0 Å². The molecule has 1 aromatic carbocycles. The number of hydrogen-bond acceptors (Lipinski definition) is 1. The van der Waals surface area contributed by atoms with Crippen LogP contribution in [0.3, 0.4) is 0 Å². The van der Waals surface area contributed by atoms with E-state index in [1.165, 1.54) is 6.07 Å². The minimum absolute atomic E-state index is 0.0410. The number of nitrogens with two attached hydrogens (primary N) is 1. The molecule has 12 heavy (non-hydrogen) atoms. The summed E-state index contributed by atoms with van der Waals surface area (Å²) < 4.78 is 13.0. The Morgan fingerprint density at radius 3 is 2.75 bits per heavy atom. The fourth-order valence-corrected chi connectivity index (χ4v) is 1.25. The van der Waals surface area contributed by atoms with Crippen LogP contribution in [-0.4, -0.2) is 0 Å². The second-order valence-corrected chi connectivity index (χ2v) is 2.97. The predicted octanol–water partition coefficient (Wildman–Crippen LogP) is 2.54. The van der Waals surface area contributed by atoms with Crippen LogP contribution in [0.15, 0.2) is 18.2 Å². The summed E-state index contributed by atoms with van der Waals surface area (Å²) in [5.41, 5.74) is 7.38. The molecule has 1 nitrogen and oxygen atoms in total. The Kier molecular flexibility index (Phi) is 2.82. The zero-order valence-corrected chi connectivity index (χ0v) is 7.47. The van der Waals surface area contributed by atoms with Crippen molar-refractivity contribution >= 4 is 0 Å². The van der Waals surface area contributed by atoms with Gasteiger partial charge < -0.3 is 5.73 Å². The number of halogens is 1. The smallest absolute Gasteiger partial charge is 0.126 e. The SMILES string of the molecule is CC[C@H](N)c1cccc(F)c1C. The van der Waals surface area contributed by atoms with Gasteiger partial charge in [0, 0.05) is 6.04 Å². The summed E-state index contributed by atoms with van der Waals surface area (Å²) in [6.07, 6.45) is 0.838. The monoisotopic (exact) mass is 167 g/mol. The quantitative estimate of drug-likeness (QED) is 0.719. The van der Waals surface area contributed by atoms with E-state index in [2.05, 4.69) is 0 Å². The minimum Gasteiger partial charge on any atom is -0.324 e. The molecule has 0 heterocycles. The summed E-state index contributed by atoms with van der Waals surface area (Å²) in [4.78, 5) is 0. The van der Waals surface area contributed by atoms with E-state index in [1.807, 2.05) is 13.0 Å². The summed E-state index contributed by atoms with van der Waals surface area (Å²) in [6.45, 7) is 3.76. The van der Waals surface area contributed by atoms with Crippen molar-refractivity contribution in [3.8, 4) is 0 Å². The minimum atomic E-state index is -0.170. The topological polar surface area (TPSA) is 26.0 Å². The summed E-state index contributed by atoms with van der Waals surface area (Å²) in [5.74, 6) is -0.170. The maximum Gasteiger partial charge on any atom is 0.126 e. The van der Waals surface area contributed by atoms with Crippen LogP contribution in [-0.2, 0) is 0 Å². The van der Waals surface area contributed by atoms with Gasteiger partial charge in [0.15, 0.2) is 0 Å². The second-order valence-electron chi connectivity index (χ2n) is 2.97. The Labute approximate surface area is 72.4 Å².